The van der Waals surface area contributed by atoms with Gasteiger partial charge in [-0.25, -0.2) is 0 Å². The molecule has 0 amide bonds. The standard InChI is InChI=1S/C3H6O2S.C2H6O/c4-3(5)1-2-6;1-2-3/h6H,1-2H2,(H,4,5);3H,2H2,1H3. The molecule has 0 aromatic heterocycles. The van der Waals surface area contributed by atoms with Crippen molar-refractivity contribution in [3.8, 4) is 0 Å². The number of carboxylic acid groups (broad SMARTS) is 1. The van der Waals surface area contributed by atoms with E-state index in [9.17, 15) is 4.79 Å². The maximum absolute atomic E-state index is 9.55. The molecule has 0 unspecified atom stereocenters. The number of hydrogen-bond acceptors (Lipinski definition) is 3. The Hall–Kier alpha value is -0.220. The SMILES string of the molecule is CCO.O=C(O)CCS. The largest absolute Gasteiger partial charge is 0.481 e. The van der Waals surface area contributed by atoms with Gasteiger partial charge >= 0.3 is 5.97 Å². The summed E-state index contributed by atoms with van der Waals surface area (Å²) in [4.78, 5) is 9.55. The predicted molar refractivity (Wildman–Crippen MR) is 38.9 cm³/mol. The van der Waals surface area contributed by atoms with Crippen LogP contribution in [0.5, 0.6) is 0 Å². The molecule has 0 spiro atoms. The third kappa shape index (κ3) is 33.6. The van der Waals surface area contributed by atoms with E-state index in [2.05, 4.69) is 12.6 Å². The topological polar surface area (TPSA) is 57.5 Å². The first-order valence-electron chi connectivity index (χ1n) is 2.62. The van der Waals surface area contributed by atoms with Gasteiger partial charge in [0.2, 0.25) is 0 Å². The molecule has 0 aliphatic carbocycles. The molecule has 0 aromatic rings. The quantitative estimate of drug-likeness (QED) is 0.502. The van der Waals surface area contributed by atoms with E-state index >= 15 is 0 Å². The van der Waals surface area contributed by atoms with Crippen molar-refractivity contribution in [2.75, 3.05) is 12.4 Å². The maximum Gasteiger partial charge on any atom is 0.304 e. The van der Waals surface area contributed by atoms with E-state index in [1.54, 1.807) is 6.92 Å². The van der Waals surface area contributed by atoms with Crippen LogP contribution in [0.4, 0.5) is 0 Å². The number of rotatable bonds is 2. The van der Waals surface area contributed by atoms with Gasteiger partial charge in [-0.05, 0) is 6.92 Å². The van der Waals surface area contributed by atoms with Gasteiger partial charge in [0, 0.05) is 12.4 Å². The van der Waals surface area contributed by atoms with E-state index in [0.717, 1.165) is 0 Å². The fourth-order valence-corrected chi connectivity index (χ4v) is 0.287. The molecular formula is C5H12O3S. The van der Waals surface area contributed by atoms with Gasteiger partial charge in [0.1, 0.15) is 0 Å². The van der Waals surface area contributed by atoms with Crippen molar-refractivity contribution in [3.63, 3.8) is 0 Å². The van der Waals surface area contributed by atoms with Gasteiger partial charge in [-0.15, -0.1) is 0 Å². The highest BCUT2D eigenvalue weighted by atomic mass is 32.1. The Labute approximate surface area is 60.1 Å². The zero-order valence-electron chi connectivity index (χ0n) is 5.37. The number of carboxylic acids is 1. The number of aliphatic hydroxyl groups is 1. The maximum atomic E-state index is 9.55. The molecule has 0 saturated heterocycles. The lowest BCUT2D eigenvalue weighted by Gasteiger charge is -1.79. The molecule has 2 N–H and O–H groups in total. The highest BCUT2D eigenvalue weighted by molar-refractivity contribution is 7.80. The van der Waals surface area contributed by atoms with E-state index in [4.69, 9.17) is 10.2 Å². The van der Waals surface area contributed by atoms with Crippen LogP contribution in [-0.2, 0) is 4.79 Å². The van der Waals surface area contributed by atoms with E-state index in [-0.39, 0.29) is 13.0 Å². The summed E-state index contributed by atoms with van der Waals surface area (Å²) in [6.07, 6.45) is 0.156. The molecular weight excluding hydrogens is 140 g/mol. The molecule has 4 heteroatoms. The van der Waals surface area contributed by atoms with Crippen molar-refractivity contribution in [3.05, 3.63) is 0 Å². The molecule has 0 fully saturated rings. The molecule has 9 heavy (non-hydrogen) atoms. The van der Waals surface area contributed by atoms with Crippen LogP contribution in [0.25, 0.3) is 0 Å². The minimum atomic E-state index is -0.787. The second-order valence-corrected chi connectivity index (χ2v) is 1.63. The summed E-state index contributed by atoms with van der Waals surface area (Å²) >= 11 is 3.68. The van der Waals surface area contributed by atoms with Gasteiger partial charge in [-0.2, -0.15) is 12.6 Å². The first kappa shape index (κ1) is 11.6. The lowest BCUT2D eigenvalue weighted by atomic mass is 10.5. The zero-order chi connectivity index (χ0) is 7.70. The van der Waals surface area contributed by atoms with Crippen LogP contribution < -0.4 is 0 Å². The van der Waals surface area contributed by atoms with Crippen molar-refractivity contribution in [1.82, 2.24) is 0 Å². The zero-order valence-corrected chi connectivity index (χ0v) is 6.27. The summed E-state index contributed by atoms with van der Waals surface area (Å²) in [5, 5.41) is 15.4. The van der Waals surface area contributed by atoms with E-state index < -0.39 is 5.97 Å². The normalized spacial score (nSPS) is 7.44. The lowest BCUT2D eigenvalue weighted by Crippen LogP contribution is -1.93. The smallest absolute Gasteiger partial charge is 0.304 e. The minimum Gasteiger partial charge on any atom is -0.481 e. The van der Waals surface area contributed by atoms with E-state index in [1.807, 2.05) is 0 Å². The summed E-state index contributed by atoms with van der Waals surface area (Å²) in [5.74, 6) is -0.361. The van der Waals surface area contributed by atoms with Gasteiger partial charge in [-0.1, -0.05) is 0 Å². The van der Waals surface area contributed by atoms with Gasteiger partial charge < -0.3 is 10.2 Å². The molecule has 0 heterocycles. The Balaban J connectivity index is 0. The third-order valence-corrected chi connectivity index (χ3v) is 0.549. The Morgan fingerprint density at radius 3 is 2.00 bits per heavy atom. The molecule has 0 radical (unpaired) electrons. The number of hydrogen-bond donors (Lipinski definition) is 3. The van der Waals surface area contributed by atoms with Crippen LogP contribution in [-0.4, -0.2) is 28.5 Å². The molecule has 0 aliphatic heterocycles. The van der Waals surface area contributed by atoms with Crippen LogP contribution >= 0.6 is 12.6 Å². The molecule has 0 aliphatic rings. The molecule has 3 nitrogen and oxygen atoms in total. The number of carbonyl (C=O) groups is 1. The molecule has 0 bridgehead atoms. The predicted octanol–water partition coefficient (Wildman–Crippen LogP) is 0.389. The number of aliphatic carboxylic acids is 1. The van der Waals surface area contributed by atoms with Crippen LogP contribution in [0.2, 0.25) is 0 Å². The van der Waals surface area contributed by atoms with E-state index in [0.29, 0.717) is 5.75 Å². The molecule has 0 aromatic carbocycles. The van der Waals surface area contributed by atoms with Gasteiger partial charge in [0.05, 0.1) is 6.42 Å². The first-order chi connectivity index (χ1) is 4.18. The fraction of sp³-hybridized carbons (Fsp3) is 0.800. The molecule has 0 atom stereocenters. The highest BCUT2D eigenvalue weighted by Gasteiger charge is 1.88. The van der Waals surface area contributed by atoms with Gasteiger partial charge in [-0.3, -0.25) is 4.79 Å². The summed E-state index contributed by atoms with van der Waals surface area (Å²) in [6, 6.07) is 0. The molecule has 56 valence electrons. The highest BCUT2D eigenvalue weighted by Crippen LogP contribution is 1.79. The summed E-state index contributed by atoms with van der Waals surface area (Å²) in [7, 11) is 0. The van der Waals surface area contributed by atoms with Crippen molar-refractivity contribution in [1.29, 1.82) is 0 Å². The first-order valence-corrected chi connectivity index (χ1v) is 3.25. The Morgan fingerprint density at radius 2 is 2.00 bits per heavy atom. The van der Waals surface area contributed by atoms with Crippen LogP contribution in [0.1, 0.15) is 13.3 Å². The Morgan fingerprint density at radius 1 is 1.67 bits per heavy atom. The van der Waals surface area contributed by atoms with Crippen LogP contribution in [0.3, 0.4) is 0 Å². The van der Waals surface area contributed by atoms with Crippen molar-refractivity contribution in [2.45, 2.75) is 13.3 Å². The lowest BCUT2D eigenvalue weighted by molar-refractivity contribution is -0.136. The Bertz CT molecular complexity index is 65.2. The average molecular weight is 152 g/mol. The fourth-order valence-electron chi connectivity index (χ4n) is 0.0956. The van der Waals surface area contributed by atoms with Crippen LogP contribution in [0.15, 0.2) is 0 Å². The molecule has 0 saturated carbocycles. The van der Waals surface area contributed by atoms with Crippen LogP contribution in [0, 0.1) is 0 Å². The summed E-state index contributed by atoms with van der Waals surface area (Å²) < 4.78 is 0. The van der Waals surface area contributed by atoms with Gasteiger partial charge in [0.15, 0.2) is 0 Å². The van der Waals surface area contributed by atoms with E-state index in [1.165, 1.54) is 0 Å². The second kappa shape index (κ2) is 10.7. The van der Waals surface area contributed by atoms with Crippen molar-refractivity contribution < 1.29 is 15.0 Å². The van der Waals surface area contributed by atoms with Crippen molar-refractivity contribution >= 4 is 18.6 Å². The minimum absolute atomic E-state index is 0.156. The average Bonchev–Trinajstić information content (AvgIpc) is 1.67. The Kier molecular flexibility index (Phi) is 13.8. The van der Waals surface area contributed by atoms with Gasteiger partial charge in [0.25, 0.3) is 0 Å². The summed E-state index contributed by atoms with van der Waals surface area (Å²) in [6.45, 7) is 1.93. The number of aliphatic hydroxyl groups excluding tert-OH is 1. The second-order valence-electron chi connectivity index (χ2n) is 1.18. The monoisotopic (exact) mass is 152 g/mol. The third-order valence-electron chi connectivity index (χ3n) is 0.326. The molecule has 0 rings (SSSR count). The number of thiol groups is 1. The van der Waals surface area contributed by atoms with Crippen molar-refractivity contribution in [2.24, 2.45) is 0 Å². The summed E-state index contributed by atoms with van der Waals surface area (Å²) in [5.41, 5.74) is 0.